The minimum atomic E-state index is -0.688. The molecule has 1 aliphatic rings. The Labute approximate surface area is 167 Å². The Morgan fingerprint density at radius 1 is 1.24 bits per heavy atom. The number of hydrogen-bond acceptors (Lipinski definition) is 4. The Kier molecular flexibility index (Phi) is 5.76. The van der Waals surface area contributed by atoms with Gasteiger partial charge in [-0.2, -0.15) is 0 Å². The Balaban J connectivity index is 1.33. The molecule has 5 nitrogen and oxygen atoms in total. The number of alkyl halides is 1. The van der Waals surface area contributed by atoms with Crippen molar-refractivity contribution in [1.82, 2.24) is 9.88 Å². The molecule has 2 aromatic carbocycles. The van der Waals surface area contributed by atoms with E-state index in [9.17, 15) is 13.9 Å². The second-order valence-corrected chi connectivity index (χ2v) is 7.19. The van der Waals surface area contributed by atoms with Gasteiger partial charge in [-0.05, 0) is 49.2 Å². The molecule has 3 aromatic rings. The molecule has 1 unspecified atom stereocenters. The van der Waals surface area contributed by atoms with Gasteiger partial charge in [-0.3, -0.25) is 4.99 Å². The molecule has 0 amide bonds. The third-order valence-corrected chi connectivity index (χ3v) is 5.07. The predicted octanol–water partition coefficient (Wildman–Crippen LogP) is 4.58. The molecular formula is C22H23F2N3O2. The van der Waals surface area contributed by atoms with Crippen molar-refractivity contribution in [1.29, 1.82) is 0 Å². The molecule has 4 rings (SSSR count). The van der Waals surface area contributed by atoms with Gasteiger partial charge in [-0.15, -0.1) is 0 Å². The van der Waals surface area contributed by atoms with Gasteiger partial charge < -0.3 is 19.7 Å². The van der Waals surface area contributed by atoms with Gasteiger partial charge in [0, 0.05) is 31.2 Å². The minimum absolute atomic E-state index is 0.120. The standard InChI is InChI=1S/C22H23F2N3O2/c23-15-9-11-27(14-15)10-2-12-29-17-7-5-16(6-8-17)25-13-18-21-19(24)3-1-4-20(21)26-22(18)28/h1,3-8,13,15,26,28H,2,9-12,14H2. The molecule has 7 heteroatoms. The van der Waals surface area contributed by atoms with Crippen molar-refractivity contribution in [2.75, 3.05) is 26.2 Å². The lowest BCUT2D eigenvalue weighted by Gasteiger charge is -2.14. The molecule has 1 fully saturated rings. The molecule has 0 bridgehead atoms. The summed E-state index contributed by atoms with van der Waals surface area (Å²) >= 11 is 0. The van der Waals surface area contributed by atoms with Crippen LogP contribution >= 0.6 is 0 Å². The Bertz CT molecular complexity index is 1000. The van der Waals surface area contributed by atoms with E-state index in [4.69, 9.17) is 4.74 Å². The van der Waals surface area contributed by atoms with E-state index in [-0.39, 0.29) is 5.88 Å². The summed E-state index contributed by atoms with van der Waals surface area (Å²) in [5.74, 6) is 0.195. The normalized spacial score (nSPS) is 17.5. The highest BCUT2D eigenvalue weighted by Gasteiger charge is 2.20. The van der Waals surface area contributed by atoms with E-state index in [1.54, 1.807) is 24.3 Å². The van der Waals surface area contributed by atoms with Crippen molar-refractivity contribution in [2.24, 2.45) is 4.99 Å². The zero-order valence-corrected chi connectivity index (χ0v) is 15.9. The van der Waals surface area contributed by atoms with Crippen LogP contribution in [0.2, 0.25) is 0 Å². The number of likely N-dealkylation sites (tertiary alicyclic amines) is 1. The third kappa shape index (κ3) is 4.56. The number of hydrogen-bond donors (Lipinski definition) is 2. The number of halogens is 2. The number of aromatic nitrogens is 1. The maximum Gasteiger partial charge on any atom is 0.198 e. The topological polar surface area (TPSA) is 60.9 Å². The zero-order valence-electron chi connectivity index (χ0n) is 15.9. The highest BCUT2D eigenvalue weighted by Crippen LogP contribution is 2.28. The average Bonchev–Trinajstić information content (AvgIpc) is 3.27. The SMILES string of the molecule is Oc1[nH]c2cccc(F)c2c1C=Nc1ccc(OCCCN2CCC(F)C2)cc1. The summed E-state index contributed by atoms with van der Waals surface area (Å²) in [6.07, 6.45) is 2.23. The molecule has 1 saturated heterocycles. The molecule has 0 aliphatic carbocycles. The van der Waals surface area contributed by atoms with Crippen molar-refractivity contribution in [3.05, 3.63) is 53.8 Å². The summed E-state index contributed by atoms with van der Waals surface area (Å²) in [7, 11) is 0. The average molecular weight is 399 g/mol. The molecular weight excluding hydrogens is 376 g/mol. The van der Waals surface area contributed by atoms with Gasteiger partial charge in [-0.1, -0.05) is 6.07 Å². The van der Waals surface area contributed by atoms with Crippen molar-refractivity contribution in [3.63, 3.8) is 0 Å². The number of aliphatic imine (C=N–C) groups is 1. The zero-order chi connectivity index (χ0) is 20.2. The highest BCUT2D eigenvalue weighted by molar-refractivity contribution is 6.02. The van der Waals surface area contributed by atoms with Gasteiger partial charge in [-0.25, -0.2) is 8.78 Å². The van der Waals surface area contributed by atoms with Gasteiger partial charge >= 0.3 is 0 Å². The van der Waals surface area contributed by atoms with Crippen LogP contribution in [0.1, 0.15) is 18.4 Å². The number of ether oxygens (including phenoxy) is 1. The lowest BCUT2D eigenvalue weighted by molar-refractivity contribution is 0.248. The molecule has 2 heterocycles. The quantitative estimate of drug-likeness (QED) is 0.452. The number of fused-ring (bicyclic) bond motifs is 1. The Hall–Kier alpha value is -2.93. The van der Waals surface area contributed by atoms with Crippen LogP contribution in [0.3, 0.4) is 0 Å². The van der Waals surface area contributed by atoms with E-state index in [2.05, 4.69) is 14.9 Å². The maximum absolute atomic E-state index is 14.1. The van der Waals surface area contributed by atoms with Crippen molar-refractivity contribution < 1.29 is 18.6 Å². The summed E-state index contributed by atoms with van der Waals surface area (Å²) in [5, 5.41) is 10.3. The molecule has 0 radical (unpaired) electrons. The number of nitrogens with one attached hydrogen (secondary N) is 1. The Morgan fingerprint density at radius 3 is 2.83 bits per heavy atom. The van der Waals surface area contributed by atoms with E-state index >= 15 is 0 Å². The van der Waals surface area contributed by atoms with Crippen molar-refractivity contribution in [3.8, 4) is 11.6 Å². The van der Waals surface area contributed by atoms with E-state index in [1.165, 1.54) is 12.3 Å². The van der Waals surface area contributed by atoms with Gasteiger partial charge in [0.05, 0.1) is 23.4 Å². The van der Waals surface area contributed by atoms with E-state index in [1.807, 2.05) is 12.1 Å². The lowest BCUT2D eigenvalue weighted by Crippen LogP contribution is -2.23. The van der Waals surface area contributed by atoms with Crippen molar-refractivity contribution >= 4 is 22.8 Å². The minimum Gasteiger partial charge on any atom is -0.494 e. The van der Waals surface area contributed by atoms with Crippen LogP contribution in [-0.4, -0.2) is 53.6 Å². The fraction of sp³-hybridized carbons (Fsp3) is 0.318. The first-order valence-electron chi connectivity index (χ1n) is 9.72. The van der Waals surface area contributed by atoms with Crippen LogP contribution in [0, 0.1) is 5.82 Å². The largest absolute Gasteiger partial charge is 0.494 e. The molecule has 29 heavy (non-hydrogen) atoms. The number of aromatic amines is 1. The maximum atomic E-state index is 14.1. The summed E-state index contributed by atoms with van der Waals surface area (Å²) in [5.41, 5.74) is 1.49. The monoisotopic (exact) mass is 399 g/mol. The number of rotatable bonds is 7. The van der Waals surface area contributed by atoms with Gasteiger partial charge in [0.2, 0.25) is 0 Å². The second-order valence-electron chi connectivity index (χ2n) is 7.19. The van der Waals surface area contributed by atoms with Crippen LogP contribution in [0.5, 0.6) is 11.6 Å². The smallest absolute Gasteiger partial charge is 0.198 e. The van der Waals surface area contributed by atoms with E-state index in [0.717, 1.165) is 25.3 Å². The third-order valence-electron chi connectivity index (χ3n) is 5.07. The first kappa shape index (κ1) is 19.4. The first-order valence-corrected chi connectivity index (χ1v) is 9.72. The van der Waals surface area contributed by atoms with Crippen LogP contribution in [0.4, 0.5) is 14.5 Å². The number of aromatic hydroxyl groups is 1. The highest BCUT2D eigenvalue weighted by atomic mass is 19.1. The predicted molar refractivity (Wildman–Crippen MR) is 110 cm³/mol. The molecule has 0 saturated carbocycles. The van der Waals surface area contributed by atoms with E-state index < -0.39 is 12.0 Å². The summed E-state index contributed by atoms with van der Waals surface area (Å²) in [6, 6.07) is 11.8. The number of H-pyrrole nitrogens is 1. The van der Waals surface area contributed by atoms with Crippen LogP contribution in [-0.2, 0) is 0 Å². The van der Waals surface area contributed by atoms with Gasteiger partial charge in [0.25, 0.3) is 0 Å². The second kappa shape index (κ2) is 8.61. The molecule has 152 valence electrons. The van der Waals surface area contributed by atoms with Crippen molar-refractivity contribution in [2.45, 2.75) is 19.0 Å². The lowest BCUT2D eigenvalue weighted by atomic mass is 10.1. The number of benzene rings is 2. The molecule has 1 aliphatic heterocycles. The first-order chi connectivity index (χ1) is 14.1. The Morgan fingerprint density at radius 2 is 2.07 bits per heavy atom. The van der Waals surface area contributed by atoms with E-state index in [0.29, 0.717) is 41.7 Å². The fourth-order valence-corrected chi connectivity index (χ4v) is 3.58. The summed E-state index contributed by atoms with van der Waals surface area (Å²) in [6.45, 7) is 2.76. The fourth-order valence-electron chi connectivity index (χ4n) is 3.58. The molecule has 1 aromatic heterocycles. The van der Waals surface area contributed by atoms with Crippen LogP contribution in [0.15, 0.2) is 47.5 Å². The van der Waals surface area contributed by atoms with Crippen LogP contribution in [0.25, 0.3) is 10.9 Å². The summed E-state index contributed by atoms with van der Waals surface area (Å²) < 4.78 is 32.9. The molecule has 2 N–H and O–H groups in total. The number of nitrogens with zero attached hydrogens (tertiary/aromatic N) is 2. The van der Waals surface area contributed by atoms with Gasteiger partial charge in [0.1, 0.15) is 17.7 Å². The molecule has 1 atom stereocenters. The summed E-state index contributed by atoms with van der Waals surface area (Å²) in [4.78, 5) is 9.19. The van der Waals surface area contributed by atoms with Gasteiger partial charge in [0.15, 0.2) is 5.88 Å². The molecule has 0 spiro atoms. The van der Waals surface area contributed by atoms with Crippen LogP contribution < -0.4 is 4.74 Å².